The summed E-state index contributed by atoms with van der Waals surface area (Å²) in [6, 6.07) is 22.3. The lowest BCUT2D eigenvalue weighted by Crippen LogP contribution is -2.30. The topological polar surface area (TPSA) is 138 Å². The highest BCUT2D eigenvalue weighted by atomic mass is 16.5. The van der Waals surface area contributed by atoms with E-state index in [1.54, 1.807) is 23.2 Å². The van der Waals surface area contributed by atoms with Crippen molar-refractivity contribution >= 4 is 22.9 Å². The number of imidazole rings is 1. The Morgan fingerprint density at radius 2 is 1.96 bits per heavy atom. The summed E-state index contributed by atoms with van der Waals surface area (Å²) in [4.78, 5) is 27.5. The first-order valence-corrected chi connectivity index (χ1v) is 14.3. The zero-order valence-corrected chi connectivity index (χ0v) is 24.2. The summed E-state index contributed by atoms with van der Waals surface area (Å²) in [7, 11) is 0. The van der Waals surface area contributed by atoms with E-state index in [4.69, 9.17) is 20.4 Å². The molecule has 7 rings (SSSR count). The normalized spacial score (nSPS) is 13.6. The number of rotatable bonds is 9. The average Bonchev–Trinajstić information content (AvgIpc) is 3.83. The van der Waals surface area contributed by atoms with Crippen LogP contribution in [-0.4, -0.2) is 41.8 Å². The van der Waals surface area contributed by atoms with Gasteiger partial charge < -0.3 is 21.1 Å². The third-order valence-electron chi connectivity index (χ3n) is 7.66. The molecule has 1 aliphatic rings. The molecule has 0 saturated carbocycles. The van der Waals surface area contributed by atoms with Gasteiger partial charge in [0.2, 0.25) is 0 Å². The molecule has 0 aliphatic carbocycles. The summed E-state index contributed by atoms with van der Waals surface area (Å²) < 4.78 is 9.75. The number of pyridine rings is 2. The first-order valence-electron chi connectivity index (χ1n) is 14.3. The van der Waals surface area contributed by atoms with E-state index in [2.05, 4.69) is 33.9 Å². The molecule has 1 unspecified atom stereocenters. The van der Waals surface area contributed by atoms with E-state index in [0.717, 1.165) is 16.8 Å². The van der Waals surface area contributed by atoms with Crippen molar-refractivity contribution in [2.45, 2.75) is 12.6 Å². The number of hydrogen-bond donors (Lipinski definition) is 3. The summed E-state index contributed by atoms with van der Waals surface area (Å²) >= 11 is 0. The second-order valence-electron chi connectivity index (χ2n) is 10.5. The number of anilines is 1. The number of aromatic nitrogens is 6. The second kappa shape index (κ2) is 11.5. The van der Waals surface area contributed by atoms with Gasteiger partial charge in [0.1, 0.15) is 23.7 Å². The molecule has 4 N–H and O–H groups in total. The molecular weight excluding hydrogens is 566 g/mol. The molecule has 0 radical (unpaired) electrons. The van der Waals surface area contributed by atoms with E-state index in [1.807, 2.05) is 83.6 Å². The van der Waals surface area contributed by atoms with Crippen LogP contribution in [0.15, 0.2) is 116 Å². The predicted octanol–water partition coefficient (Wildman–Crippen LogP) is 4.90. The van der Waals surface area contributed by atoms with Gasteiger partial charge >= 0.3 is 0 Å². The van der Waals surface area contributed by atoms with Crippen molar-refractivity contribution in [3.63, 3.8) is 0 Å². The first kappa shape index (κ1) is 27.6. The van der Waals surface area contributed by atoms with Crippen LogP contribution in [-0.2, 0) is 6.54 Å². The van der Waals surface area contributed by atoms with Gasteiger partial charge in [0.05, 0.1) is 17.3 Å². The van der Waals surface area contributed by atoms with Crippen molar-refractivity contribution < 1.29 is 9.53 Å². The van der Waals surface area contributed by atoms with Crippen LogP contribution in [0.2, 0.25) is 0 Å². The molecule has 0 spiro atoms. The number of carbonyl (C=O) groups is 1. The molecule has 6 aromatic rings. The van der Waals surface area contributed by atoms with Crippen molar-refractivity contribution in [2.24, 2.45) is 0 Å². The van der Waals surface area contributed by atoms with E-state index in [0.29, 0.717) is 64.3 Å². The van der Waals surface area contributed by atoms with Gasteiger partial charge in [-0.3, -0.25) is 9.36 Å². The minimum absolute atomic E-state index is 0.188. The largest absolute Gasteiger partial charge is 0.491 e. The standard InChI is InChI=1S/C34H29N9O2/c1-3-21(2)37-19-22-8-4-5-9-24(22)34(44)40-28-20-45-29-18-23(11-12-25(28)29)43-32(26-10-6-15-36-31(26)35)39-27-13-14-30(41-33(27)43)42-17-7-16-38-42/h3-18,28,37H,1-2,19-20H2,(H2,35,36)(H,40,44). The summed E-state index contributed by atoms with van der Waals surface area (Å²) in [5, 5.41) is 10.6. The van der Waals surface area contributed by atoms with Crippen molar-refractivity contribution in [1.82, 2.24) is 39.9 Å². The smallest absolute Gasteiger partial charge is 0.252 e. The fourth-order valence-corrected chi connectivity index (χ4v) is 5.38. The highest BCUT2D eigenvalue weighted by Crippen LogP contribution is 2.37. The minimum Gasteiger partial charge on any atom is -0.491 e. The molecule has 0 fully saturated rings. The SMILES string of the molecule is C=CC(=C)NCc1ccccc1C(=O)NC1COc2cc(-n3c(-c4cccnc4N)nc4ccc(-n5cccn5)nc43)ccc21. The van der Waals surface area contributed by atoms with E-state index in [-0.39, 0.29) is 11.9 Å². The number of nitrogens with one attached hydrogen (secondary N) is 2. The van der Waals surface area contributed by atoms with Gasteiger partial charge in [-0.2, -0.15) is 5.10 Å². The number of hydrogen-bond acceptors (Lipinski definition) is 8. The van der Waals surface area contributed by atoms with Crippen LogP contribution in [0, 0.1) is 0 Å². The van der Waals surface area contributed by atoms with Gasteiger partial charge in [-0.15, -0.1) is 0 Å². The number of fused-ring (bicyclic) bond motifs is 2. The Kier molecular flexibility index (Phi) is 7.02. The maximum absolute atomic E-state index is 13.4. The molecule has 11 heteroatoms. The Morgan fingerprint density at radius 3 is 2.78 bits per heavy atom. The molecule has 5 heterocycles. The third-order valence-corrected chi connectivity index (χ3v) is 7.66. The minimum atomic E-state index is -0.330. The lowest BCUT2D eigenvalue weighted by Gasteiger charge is -2.15. The van der Waals surface area contributed by atoms with Gasteiger partial charge in [0.15, 0.2) is 17.3 Å². The maximum Gasteiger partial charge on any atom is 0.252 e. The lowest BCUT2D eigenvalue weighted by atomic mass is 10.0. The lowest BCUT2D eigenvalue weighted by molar-refractivity contribution is 0.0929. The summed E-state index contributed by atoms with van der Waals surface area (Å²) in [6.07, 6.45) is 6.82. The molecule has 1 amide bonds. The number of amides is 1. The molecular formula is C34H29N9O2. The number of nitrogens with zero attached hydrogens (tertiary/aromatic N) is 6. The van der Waals surface area contributed by atoms with Crippen LogP contribution in [0.25, 0.3) is 34.1 Å². The Labute approximate surface area is 258 Å². The molecule has 0 saturated heterocycles. The summed E-state index contributed by atoms with van der Waals surface area (Å²) in [6.45, 7) is 8.36. The number of benzene rings is 2. The number of carbonyl (C=O) groups excluding carboxylic acids is 1. The fraction of sp³-hybridized carbons (Fsp3) is 0.0882. The third kappa shape index (κ3) is 5.16. The molecule has 1 atom stereocenters. The predicted molar refractivity (Wildman–Crippen MR) is 172 cm³/mol. The Morgan fingerprint density at radius 1 is 1.07 bits per heavy atom. The molecule has 45 heavy (non-hydrogen) atoms. The second-order valence-corrected chi connectivity index (χ2v) is 10.5. The highest BCUT2D eigenvalue weighted by molar-refractivity contribution is 5.96. The van der Waals surface area contributed by atoms with Crippen molar-refractivity contribution in [3.8, 4) is 28.6 Å². The number of ether oxygens (including phenoxy) is 1. The van der Waals surface area contributed by atoms with E-state index < -0.39 is 0 Å². The monoisotopic (exact) mass is 595 g/mol. The van der Waals surface area contributed by atoms with Crippen molar-refractivity contribution in [2.75, 3.05) is 12.3 Å². The number of nitrogens with two attached hydrogens (primary N) is 1. The Bertz CT molecular complexity index is 2080. The first-order chi connectivity index (χ1) is 22.0. The van der Waals surface area contributed by atoms with E-state index in [9.17, 15) is 4.79 Å². The zero-order valence-electron chi connectivity index (χ0n) is 24.2. The average molecular weight is 596 g/mol. The molecule has 2 aromatic carbocycles. The van der Waals surface area contributed by atoms with Gasteiger partial charge in [-0.1, -0.05) is 37.4 Å². The van der Waals surface area contributed by atoms with Gasteiger partial charge in [0.25, 0.3) is 5.91 Å². The van der Waals surface area contributed by atoms with Gasteiger partial charge in [-0.05, 0) is 54.1 Å². The van der Waals surface area contributed by atoms with Crippen molar-refractivity contribution in [1.29, 1.82) is 0 Å². The molecule has 222 valence electrons. The zero-order chi connectivity index (χ0) is 30.9. The fourth-order valence-electron chi connectivity index (χ4n) is 5.38. The van der Waals surface area contributed by atoms with Crippen LogP contribution >= 0.6 is 0 Å². The van der Waals surface area contributed by atoms with Gasteiger partial charge in [0, 0.05) is 48.0 Å². The quantitative estimate of drug-likeness (QED) is 0.201. The van der Waals surface area contributed by atoms with E-state index in [1.165, 1.54) is 0 Å². The van der Waals surface area contributed by atoms with Crippen LogP contribution < -0.4 is 21.1 Å². The molecule has 11 nitrogen and oxygen atoms in total. The Hall–Kier alpha value is -6.23. The number of allylic oxidation sites excluding steroid dienone is 1. The molecule has 1 aliphatic heterocycles. The Balaban J connectivity index is 1.24. The van der Waals surface area contributed by atoms with Crippen LogP contribution in [0.4, 0.5) is 5.82 Å². The van der Waals surface area contributed by atoms with Crippen LogP contribution in [0.1, 0.15) is 27.5 Å². The summed E-state index contributed by atoms with van der Waals surface area (Å²) in [5.41, 5.74) is 12.0. The van der Waals surface area contributed by atoms with Crippen molar-refractivity contribution in [3.05, 3.63) is 133 Å². The van der Waals surface area contributed by atoms with E-state index >= 15 is 0 Å². The summed E-state index contributed by atoms with van der Waals surface area (Å²) in [5.74, 6) is 2.06. The number of nitrogen functional groups attached to an aromatic ring is 1. The maximum atomic E-state index is 13.4. The molecule has 4 aromatic heterocycles. The van der Waals surface area contributed by atoms with Crippen LogP contribution in [0.5, 0.6) is 5.75 Å². The van der Waals surface area contributed by atoms with Gasteiger partial charge in [-0.25, -0.2) is 19.6 Å². The highest BCUT2D eigenvalue weighted by Gasteiger charge is 2.28. The molecule has 0 bridgehead atoms. The van der Waals surface area contributed by atoms with Crippen LogP contribution in [0.3, 0.4) is 0 Å².